The highest BCUT2D eigenvalue weighted by atomic mass is 35.5. The Kier molecular flexibility index (Phi) is 7.77. The van der Waals surface area contributed by atoms with E-state index in [1.54, 1.807) is 18.5 Å². The summed E-state index contributed by atoms with van der Waals surface area (Å²) in [5.41, 5.74) is 6.07. The van der Waals surface area contributed by atoms with Gasteiger partial charge in [-0.05, 0) is 68.5 Å². The number of rotatable bonds is 4. The molecule has 0 aliphatic carbocycles. The number of anilines is 1. The number of ether oxygens (including phenoxy) is 1. The van der Waals surface area contributed by atoms with Crippen molar-refractivity contribution >= 4 is 42.6 Å². The largest absolute Gasteiger partial charge is 0.444 e. The lowest BCUT2D eigenvalue weighted by Gasteiger charge is -2.22. The number of alkyl carbamates (subject to hydrolysis) is 1. The maximum absolute atomic E-state index is 12.1. The van der Waals surface area contributed by atoms with Crippen molar-refractivity contribution in [2.45, 2.75) is 39.3 Å². The number of hydrogen-bond donors (Lipinski definition) is 1. The molecule has 1 atom stereocenters. The molecular formula is C30H32ClN7O2S. The lowest BCUT2D eigenvalue weighted by molar-refractivity contribution is 0.0520. The lowest BCUT2D eigenvalue weighted by Crippen LogP contribution is -2.36. The van der Waals surface area contributed by atoms with Gasteiger partial charge in [0.15, 0.2) is 11.5 Å². The third-order valence-corrected chi connectivity index (χ3v) is 7.76. The minimum atomic E-state index is -0.509. The Balaban J connectivity index is 0.00000337. The molecule has 41 heavy (non-hydrogen) atoms. The van der Waals surface area contributed by atoms with Crippen molar-refractivity contribution in [2.24, 2.45) is 5.92 Å². The van der Waals surface area contributed by atoms with Gasteiger partial charge in [0.1, 0.15) is 17.1 Å². The summed E-state index contributed by atoms with van der Waals surface area (Å²) in [7, 11) is 0. The molecule has 212 valence electrons. The third-order valence-electron chi connectivity index (χ3n) is 7.35. The second kappa shape index (κ2) is 11.1. The first kappa shape index (κ1) is 28.6. The van der Waals surface area contributed by atoms with Gasteiger partial charge in [-0.15, -0.1) is 10.2 Å². The predicted molar refractivity (Wildman–Crippen MR) is 166 cm³/mol. The molecule has 0 radical (unpaired) electrons. The molecule has 0 spiro atoms. The Hall–Kier alpha value is -3.94. The molecule has 11 heteroatoms. The molecule has 2 aliphatic rings. The standard InChI is InChI=1S/C30H30ClN7O2.H2S/c1-30(2,3)40-29(39)33-15-19-11-12-36(16-19)23-9-10-25-21(13-23)17-37-26(28-35-34-18-38(25)28)14-24(27(37)31)20-5-7-22(32-4)8-6-20;/h5-10,13-14,18-19H,11-12,15-17H2,1-3H3,(H,33,39);1H2/t19-;/m0./s1. The first-order valence-corrected chi connectivity index (χ1v) is 13.7. The summed E-state index contributed by atoms with van der Waals surface area (Å²) >= 11 is 7.00. The van der Waals surface area contributed by atoms with Crippen molar-refractivity contribution in [3.63, 3.8) is 0 Å². The summed E-state index contributed by atoms with van der Waals surface area (Å²) in [5, 5.41) is 12.2. The van der Waals surface area contributed by atoms with Crippen LogP contribution in [0.25, 0.3) is 33.2 Å². The zero-order valence-corrected chi connectivity index (χ0v) is 24.9. The fourth-order valence-electron chi connectivity index (χ4n) is 5.45. The highest BCUT2D eigenvalue weighted by molar-refractivity contribution is 7.59. The summed E-state index contributed by atoms with van der Waals surface area (Å²) in [4.78, 5) is 18.0. The average molecular weight is 590 g/mol. The minimum Gasteiger partial charge on any atom is -0.444 e. The molecule has 1 N–H and O–H groups in total. The highest BCUT2D eigenvalue weighted by Crippen LogP contribution is 2.40. The molecule has 1 saturated heterocycles. The first-order chi connectivity index (χ1) is 19.2. The predicted octanol–water partition coefficient (Wildman–Crippen LogP) is 6.43. The van der Waals surface area contributed by atoms with E-state index in [4.69, 9.17) is 22.9 Å². The fraction of sp³-hybridized carbons (Fsp3) is 0.333. The molecule has 2 aromatic heterocycles. The first-order valence-electron chi connectivity index (χ1n) is 13.3. The van der Waals surface area contributed by atoms with Crippen LogP contribution in [-0.2, 0) is 11.3 Å². The lowest BCUT2D eigenvalue weighted by atomic mass is 10.1. The third kappa shape index (κ3) is 5.65. The Labute approximate surface area is 251 Å². The van der Waals surface area contributed by atoms with Crippen LogP contribution in [0.5, 0.6) is 0 Å². The Morgan fingerprint density at radius 3 is 2.71 bits per heavy atom. The minimum absolute atomic E-state index is 0. The molecule has 0 unspecified atom stereocenters. The number of amides is 1. The Morgan fingerprint density at radius 1 is 1.20 bits per heavy atom. The van der Waals surface area contributed by atoms with Crippen LogP contribution in [0.15, 0.2) is 54.9 Å². The van der Waals surface area contributed by atoms with Gasteiger partial charge in [-0.25, -0.2) is 9.64 Å². The summed E-state index contributed by atoms with van der Waals surface area (Å²) in [5.74, 6) is 1.07. The topological polar surface area (TPSA) is 81.6 Å². The SMILES string of the molecule is S.[C-]#[N+]c1ccc(-c2cc3n(c2Cl)Cc2cc(N4CC[C@@H](CNC(=O)OC(C)(C)C)C4)ccc2-n2cnnc2-3)cc1. The van der Waals surface area contributed by atoms with Crippen LogP contribution < -0.4 is 10.2 Å². The molecule has 9 nitrogen and oxygen atoms in total. The van der Waals surface area contributed by atoms with Gasteiger partial charge in [-0.2, -0.15) is 13.5 Å². The number of carbonyl (C=O) groups excluding carboxylic acids is 1. The van der Waals surface area contributed by atoms with Gasteiger partial charge in [-0.1, -0.05) is 35.9 Å². The number of hydrogen-bond acceptors (Lipinski definition) is 5. The summed E-state index contributed by atoms with van der Waals surface area (Å²) in [6.45, 7) is 15.8. The quantitative estimate of drug-likeness (QED) is 0.244. The van der Waals surface area contributed by atoms with E-state index in [1.165, 1.54) is 0 Å². The van der Waals surface area contributed by atoms with Crippen molar-refractivity contribution in [3.8, 4) is 28.3 Å². The van der Waals surface area contributed by atoms with Crippen LogP contribution in [-0.4, -0.2) is 50.7 Å². The smallest absolute Gasteiger partial charge is 0.407 e. The number of nitrogens with one attached hydrogen (secondary N) is 1. The summed E-state index contributed by atoms with van der Waals surface area (Å²) in [6.07, 6.45) is 2.36. The van der Waals surface area contributed by atoms with Crippen molar-refractivity contribution in [1.82, 2.24) is 24.6 Å². The molecular weight excluding hydrogens is 558 g/mol. The van der Waals surface area contributed by atoms with Gasteiger partial charge in [0, 0.05) is 30.9 Å². The molecule has 1 fully saturated rings. The van der Waals surface area contributed by atoms with E-state index in [0.717, 1.165) is 59.1 Å². The van der Waals surface area contributed by atoms with E-state index < -0.39 is 5.60 Å². The Morgan fingerprint density at radius 2 is 1.98 bits per heavy atom. The molecule has 0 saturated carbocycles. The second-order valence-corrected chi connectivity index (χ2v) is 11.7. The number of nitrogens with zero attached hydrogens (tertiary/aromatic N) is 6. The molecule has 2 aromatic carbocycles. The summed E-state index contributed by atoms with van der Waals surface area (Å²) < 4.78 is 9.47. The molecule has 1 amide bonds. The van der Waals surface area contributed by atoms with Crippen LogP contribution in [0.1, 0.15) is 32.8 Å². The van der Waals surface area contributed by atoms with E-state index in [0.29, 0.717) is 29.8 Å². The highest BCUT2D eigenvalue weighted by Gasteiger charge is 2.28. The maximum Gasteiger partial charge on any atom is 0.407 e. The van der Waals surface area contributed by atoms with Gasteiger partial charge in [-0.3, -0.25) is 4.57 Å². The van der Waals surface area contributed by atoms with Gasteiger partial charge in [0.2, 0.25) is 0 Å². The number of fused-ring (bicyclic) bond motifs is 5. The van der Waals surface area contributed by atoms with E-state index >= 15 is 0 Å². The average Bonchev–Trinajstić information content (AvgIpc) is 3.65. The van der Waals surface area contributed by atoms with E-state index in [-0.39, 0.29) is 19.6 Å². The van der Waals surface area contributed by atoms with Crippen molar-refractivity contribution in [1.29, 1.82) is 0 Å². The number of halogens is 1. The zero-order valence-electron chi connectivity index (χ0n) is 23.2. The second-order valence-electron chi connectivity index (χ2n) is 11.3. The molecule has 4 heterocycles. The van der Waals surface area contributed by atoms with Crippen molar-refractivity contribution < 1.29 is 9.53 Å². The van der Waals surface area contributed by atoms with Crippen molar-refractivity contribution in [3.05, 3.63) is 77.0 Å². The van der Waals surface area contributed by atoms with Gasteiger partial charge >= 0.3 is 6.09 Å². The van der Waals surface area contributed by atoms with Crippen LogP contribution in [0.2, 0.25) is 5.15 Å². The van der Waals surface area contributed by atoms with Crippen LogP contribution in [0.4, 0.5) is 16.2 Å². The number of benzene rings is 2. The molecule has 2 aliphatic heterocycles. The molecule has 0 bridgehead atoms. The Bertz CT molecular complexity index is 1630. The fourth-order valence-corrected chi connectivity index (χ4v) is 5.76. The number of carbonyl (C=O) groups is 1. The monoisotopic (exact) mass is 589 g/mol. The van der Waals surface area contributed by atoms with Gasteiger partial charge < -0.3 is 19.5 Å². The van der Waals surface area contributed by atoms with Crippen LogP contribution >= 0.6 is 25.1 Å². The van der Waals surface area contributed by atoms with E-state index in [1.807, 2.05) is 43.5 Å². The van der Waals surface area contributed by atoms with E-state index in [9.17, 15) is 4.79 Å². The molecule has 6 rings (SSSR count). The van der Waals surface area contributed by atoms with Crippen LogP contribution in [0.3, 0.4) is 0 Å². The van der Waals surface area contributed by atoms with Crippen molar-refractivity contribution in [2.75, 3.05) is 24.5 Å². The summed E-state index contributed by atoms with van der Waals surface area (Å²) in [6, 6.07) is 16.0. The van der Waals surface area contributed by atoms with Crippen LogP contribution in [0, 0.1) is 12.5 Å². The maximum atomic E-state index is 12.1. The van der Waals surface area contributed by atoms with E-state index in [2.05, 4.69) is 48.0 Å². The molecule has 4 aromatic rings. The zero-order chi connectivity index (χ0) is 28.0. The normalized spacial score (nSPS) is 15.6. The van der Waals surface area contributed by atoms with Gasteiger partial charge in [0.05, 0.1) is 24.5 Å². The number of aromatic nitrogens is 4. The van der Waals surface area contributed by atoms with Gasteiger partial charge in [0.25, 0.3) is 0 Å².